The fourth-order valence-electron chi connectivity index (χ4n) is 5.11. The topological polar surface area (TPSA) is 78.9 Å². The standard InChI is InChI=1S/C27H36O6/c1-19(2)26(29)31-16-17-32-27(30)23-14-12-22(13-15-23)21-10-8-20(9-11-21)18-25(28)33-24-6-4-3-5-7-24/h3-7,20-23H,1,8-18H2,2H3. The molecule has 6 nitrogen and oxygen atoms in total. The number of rotatable bonds is 9. The van der Waals surface area contributed by atoms with E-state index >= 15 is 0 Å². The van der Waals surface area contributed by atoms with Crippen LogP contribution in [0.4, 0.5) is 0 Å². The second-order valence-corrected chi connectivity index (χ2v) is 9.47. The number of carbonyl (C=O) groups is 3. The molecular formula is C27H36O6. The molecule has 180 valence electrons. The quantitative estimate of drug-likeness (QED) is 0.218. The Morgan fingerprint density at radius 3 is 2.03 bits per heavy atom. The van der Waals surface area contributed by atoms with Gasteiger partial charge < -0.3 is 14.2 Å². The van der Waals surface area contributed by atoms with Gasteiger partial charge in [-0.2, -0.15) is 0 Å². The summed E-state index contributed by atoms with van der Waals surface area (Å²) in [5.74, 6) is 1.52. The lowest BCUT2D eigenvalue weighted by Crippen LogP contribution is -2.30. The first-order valence-electron chi connectivity index (χ1n) is 12.2. The van der Waals surface area contributed by atoms with Crippen molar-refractivity contribution in [1.29, 1.82) is 0 Å². The zero-order chi connectivity index (χ0) is 23.6. The molecule has 0 unspecified atom stereocenters. The minimum Gasteiger partial charge on any atom is -0.462 e. The minimum atomic E-state index is -0.464. The van der Waals surface area contributed by atoms with E-state index in [1.54, 1.807) is 19.1 Å². The number of benzene rings is 1. The Hall–Kier alpha value is -2.63. The maximum absolute atomic E-state index is 12.3. The van der Waals surface area contributed by atoms with Gasteiger partial charge in [0.2, 0.25) is 0 Å². The third-order valence-corrected chi connectivity index (χ3v) is 7.00. The smallest absolute Gasteiger partial charge is 0.333 e. The fourth-order valence-corrected chi connectivity index (χ4v) is 5.11. The van der Waals surface area contributed by atoms with Crippen molar-refractivity contribution in [2.24, 2.45) is 23.7 Å². The van der Waals surface area contributed by atoms with E-state index in [1.165, 1.54) is 0 Å². The maximum atomic E-state index is 12.3. The minimum absolute atomic E-state index is 0.0535. The first kappa shape index (κ1) is 25.0. The van der Waals surface area contributed by atoms with Crippen LogP contribution in [-0.4, -0.2) is 31.1 Å². The van der Waals surface area contributed by atoms with Crippen molar-refractivity contribution in [3.05, 3.63) is 42.5 Å². The number of carbonyl (C=O) groups excluding carboxylic acids is 3. The highest BCUT2D eigenvalue weighted by molar-refractivity contribution is 5.86. The number of ether oxygens (including phenoxy) is 3. The van der Waals surface area contributed by atoms with E-state index in [1.807, 2.05) is 18.2 Å². The van der Waals surface area contributed by atoms with Crippen LogP contribution in [0.15, 0.2) is 42.5 Å². The summed E-state index contributed by atoms with van der Waals surface area (Å²) in [6.07, 6.45) is 8.75. The van der Waals surface area contributed by atoms with E-state index in [2.05, 4.69) is 6.58 Å². The van der Waals surface area contributed by atoms with Gasteiger partial charge in [0, 0.05) is 12.0 Å². The van der Waals surface area contributed by atoms with Crippen LogP contribution in [0.1, 0.15) is 64.7 Å². The highest BCUT2D eigenvalue weighted by atomic mass is 16.6. The van der Waals surface area contributed by atoms with Gasteiger partial charge in [-0.3, -0.25) is 9.59 Å². The lowest BCUT2D eigenvalue weighted by Gasteiger charge is -2.37. The van der Waals surface area contributed by atoms with Gasteiger partial charge >= 0.3 is 17.9 Å². The number of esters is 3. The predicted molar refractivity (Wildman–Crippen MR) is 124 cm³/mol. The van der Waals surface area contributed by atoms with Crippen LogP contribution in [0, 0.1) is 23.7 Å². The summed E-state index contributed by atoms with van der Waals surface area (Å²) in [5.41, 5.74) is 0.334. The highest BCUT2D eigenvalue weighted by Crippen LogP contribution is 2.42. The van der Waals surface area contributed by atoms with Gasteiger partial charge in [-0.25, -0.2) is 4.79 Å². The molecule has 33 heavy (non-hydrogen) atoms. The molecule has 0 heterocycles. The number of hydrogen-bond acceptors (Lipinski definition) is 6. The third-order valence-electron chi connectivity index (χ3n) is 7.00. The van der Waals surface area contributed by atoms with E-state index in [4.69, 9.17) is 14.2 Å². The average Bonchev–Trinajstić information content (AvgIpc) is 2.82. The molecule has 2 aliphatic carbocycles. The lowest BCUT2D eigenvalue weighted by molar-refractivity contribution is -0.154. The van der Waals surface area contributed by atoms with Crippen LogP contribution in [0.5, 0.6) is 5.75 Å². The molecular weight excluding hydrogens is 420 g/mol. The van der Waals surface area contributed by atoms with Crippen molar-refractivity contribution in [1.82, 2.24) is 0 Å². The summed E-state index contributed by atoms with van der Waals surface area (Å²) in [7, 11) is 0. The van der Waals surface area contributed by atoms with Gasteiger partial charge in [-0.15, -0.1) is 0 Å². The molecule has 0 atom stereocenters. The zero-order valence-corrected chi connectivity index (χ0v) is 19.6. The summed E-state index contributed by atoms with van der Waals surface area (Å²) in [6, 6.07) is 9.24. The van der Waals surface area contributed by atoms with E-state index in [9.17, 15) is 14.4 Å². The molecule has 0 spiro atoms. The van der Waals surface area contributed by atoms with E-state index in [0.717, 1.165) is 51.4 Å². The van der Waals surface area contributed by atoms with Gasteiger partial charge in [-0.1, -0.05) is 24.8 Å². The molecule has 0 amide bonds. The van der Waals surface area contributed by atoms with Gasteiger partial charge in [-0.05, 0) is 88.2 Å². The Balaban J connectivity index is 1.30. The molecule has 2 fully saturated rings. The Bertz CT molecular complexity index is 801. The van der Waals surface area contributed by atoms with Crippen molar-refractivity contribution in [2.75, 3.05) is 13.2 Å². The lowest BCUT2D eigenvalue weighted by atomic mass is 9.69. The molecule has 1 aromatic carbocycles. The summed E-state index contributed by atoms with van der Waals surface area (Å²) >= 11 is 0. The molecule has 0 aliphatic heterocycles. The van der Waals surface area contributed by atoms with Crippen molar-refractivity contribution < 1.29 is 28.6 Å². The number of hydrogen-bond donors (Lipinski definition) is 0. The van der Waals surface area contributed by atoms with Crippen LogP contribution in [0.3, 0.4) is 0 Å². The summed E-state index contributed by atoms with van der Waals surface area (Å²) in [6.45, 7) is 5.26. The monoisotopic (exact) mass is 456 g/mol. The Morgan fingerprint density at radius 1 is 0.848 bits per heavy atom. The largest absolute Gasteiger partial charge is 0.462 e. The van der Waals surface area contributed by atoms with Crippen LogP contribution in [0.2, 0.25) is 0 Å². The normalized spacial score (nSPS) is 25.0. The van der Waals surface area contributed by atoms with Crippen LogP contribution in [-0.2, 0) is 23.9 Å². The first-order chi connectivity index (χ1) is 15.9. The molecule has 2 saturated carbocycles. The van der Waals surface area contributed by atoms with Crippen LogP contribution >= 0.6 is 0 Å². The van der Waals surface area contributed by atoms with E-state index < -0.39 is 5.97 Å². The summed E-state index contributed by atoms with van der Waals surface area (Å²) < 4.78 is 15.7. The Labute approximate surface area is 196 Å². The van der Waals surface area contributed by atoms with Crippen LogP contribution < -0.4 is 4.74 Å². The fraction of sp³-hybridized carbons (Fsp3) is 0.593. The van der Waals surface area contributed by atoms with Gasteiger partial charge in [0.15, 0.2) is 0 Å². The van der Waals surface area contributed by atoms with Crippen molar-refractivity contribution >= 4 is 17.9 Å². The van der Waals surface area contributed by atoms with Crippen molar-refractivity contribution in [3.8, 4) is 5.75 Å². The summed E-state index contributed by atoms with van der Waals surface area (Å²) in [5, 5.41) is 0. The second-order valence-electron chi connectivity index (χ2n) is 9.47. The molecule has 0 radical (unpaired) electrons. The average molecular weight is 457 g/mol. The molecule has 0 bridgehead atoms. The highest BCUT2D eigenvalue weighted by Gasteiger charge is 2.34. The van der Waals surface area contributed by atoms with Gasteiger partial charge in [0.1, 0.15) is 19.0 Å². The van der Waals surface area contributed by atoms with Crippen molar-refractivity contribution in [2.45, 2.75) is 64.7 Å². The molecule has 0 saturated heterocycles. The molecule has 0 N–H and O–H groups in total. The van der Waals surface area contributed by atoms with E-state index in [-0.39, 0.29) is 31.1 Å². The summed E-state index contributed by atoms with van der Waals surface area (Å²) in [4.78, 5) is 35.9. The molecule has 1 aromatic rings. The first-order valence-corrected chi connectivity index (χ1v) is 12.2. The van der Waals surface area contributed by atoms with Gasteiger partial charge in [0.25, 0.3) is 0 Å². The zero-order valence-electron chi connectivity index (χ0n) is 19.6. The molecule has 3 rings (SSSR count). The molecule has 2 aliphatic rings. The van der Waals surface area contributed by atoms with Crippen molar-refractivity contribution in [3.63, 3.8) is 0 Å². The Kier molecular flexibility index (Phi) is 9.52. The third kappa shape index (κ3) is 8.02. The molecule has 0 aromatic heterocycles. The second kappa shape index (κ2) is 12.6. The maximum Gasteiger partial charge on any atom is 0.333 e. The van der Waals surface area contributed by atoms with E-state index in [0.29, 0.717) is 35.5 Å². The predicted octanol–water partition coefficient (Wildman–Crippen LogP) is 5.26. The number of para-hydroxylation sites is 1. The molecule has 6 heteroatoms. The van der Waals surface area contributed by atoms with Crippen LogP contribution in [0.25, 0.3) is 0 Å². The van der Waals surface area contributed by atoms with Gasteiger partial charge in [0.05, 0.1) is 5.92 Å². The SMILES string of the molecule is C=C(C)C(=O)OCCOC(=O)C1CCC(C2CCC(CC(=O)Oc3ccccc3)CC2)CC1. The Morgan fingerprint density at radius 2 is 1.42 bits per heavy atom.